The van der Waals surface area contributed by atoms with Gasteiger partial charge in [0.05, 0.1) is 30.6 Å². The van der Waals surface area contributed by atoms with Crippen molar-refractivity contribution in [2.75, 3.05) is 7.11 Å². The molecule has 1 N–H and O–H groups in total. The van der Waals surface area contributed by atoms with Crippen LogP contribution in [0.4, 0.5) is 0 Å². The third-order valence-electron chi connectivity index (χ3n) is 6.48. The second kappa shape index (κ2) is 8.52. The van der Waals surface area contributed by atoms with Crippen LogP contribution in [0.5, 0.6) is 11.5 Å². The van der Waals surface area contributed by atoms with Crippen molar-refractivity contribution in [2.24, 2.45) is 4.99 Å². The highest BCUT2D eigenvalue weighted by atomic mass is 16.5. The Labute approximate surface area is 206 Å². The fraction of sp³-hybridized carbons (Fsp3) is 0.345. The van der Waals surface area contributed by atoms with E-state index in [0.29, 0.717) is 12.1 Å². The van der Waals surface area contributed by atoms with E-state index in [-0.39, 0.29) is 17.0 Å². The molecule has 2 aliphatic rings. The molecular formula is C29H31N3O3. The molecule has 0 radical (unpaired) electrons. The molecular weight excluding hydrogens is 438 g/mol. The second-order valence-corrected chi connectivity index (χ2v) is 10.5. The molecule has 0 saturated heterocycles. The van der Waals surface area contributed by atoms with E-state index in [4.69, 9.17) is 14.5 Å². The monoisotopic (exact) mass is 469 g/mol. The van der Waals surface area contributed by atoms with E-state index in [1.165, 1.54) is 5.56 Å². The zero-order valence-corrected chi connectivity index (χ0v) is 20.9. The molecule has 3 heterocycles. The molecule has 6 nitrogen and oxygen atoms in total. The van der Waals surface area contributed by atoms with Crippen LogP contribution in [0.3, 0.4) is 0 Å². The number of fused-ring (bicyclic) bond motifs is 3. The normalized spacial score (nSPS) is 17.0. The number of carbonyl (C=O) groups is 1. The standard InChI is InChI=1S/C29H31N3O3/c1-28(2)15-20-14-23(34-5)26-22(16-29(3,4)35-26)24(20)25(32-28)18-9-11-19(12-10-18)27(33)31-17-21-8-6-7-13-30-21/h6-14H,15-17H2,1-5H3,(H,31,33). The molecule has 35 heavy (non-hydrogen) atoms. The van der Waals surface area contributed by atoms with Crippen LogP contribution in [0.2, 0.25) is 0 Å². The molecule has 3 aromatic rings. The molecule has 0 bridgehead atoms. The third-order valence-corrected chi connectivity index (χ3v) is 6.48. The zero-order valence-electron chi connectivity index (χ0n) is 20.9. The minimum Gasteiger partial charge on any atom is -0.493 e. The third kappa shape index (κ3) is 4.53. The number of carbonyl (C=O) groups excluding carboxylic acids is 1. The van der Waals surface area contributed by atoms with Gasteiger partial charge in [-0.2, -0.15) is 0 Å². The lowest BCUT2D eigenvalue weighted by Gasteiger charge is -2.31. The Morgan fingerprint density at radius 1 is 1.09 bits per heavy atom. The number of aromatic nitrogens is 1. The van der Waals surface area contributed by atoms with E-state index in [0.717, 1.165) is 52.4 Å². The molecule has 0 aliphatic carbocycles. The summed E-state index contributed by atoms with van der Waals surface area (Å²) in [4.78, 5) is 22.1. The first-order valence-corrected chi connectivity index (χ1v) is 12.0. The molecule has 0 spiro atoms. The van der Waals surface area contributed by atoms with Crippen molar-refractivity contribution in [3.05, 3.63) is 88.2 Å². The number of aliphatic imine (C=N–C) groups is 1. The van der Waals surface area contributed by atoms with Crippen molar-refractivity contribution in [1.82, 2.24) is 10.3 Å². The molecule has 2 aromatic carbocycles. The summed E-state index contributed by atoms with van der Waals surface area (Å²) in [6.45, 7) is 8.88. The highest BCUT2D eigenvalue weighted by Gasteiger charge is 2.39. The first-order valence-electron chi connectivity index (χ1n) is 12.0. The molecule has 0 saturated carbocycles. The average molecular weight is 470 g/mol. The summed E-state index contributed by atoms with van der Waals surface area (Å²) in [5.74, 6) is 1.46. The SMILES string of the molecule is COc1cc2c(c3c1OC(C)(C)C3)C(c1ccc(C(=O)NCc3ccccn3)cc1)=NC(C)(C)C2. The number of hydrogen-bond donors (Lipinski definition) is 1. The number of benzene rings is 2. The number of rotatable bonds is 5. The van der Waals surface area contributed by atoms with Gasteiger partial charge in [0.2, 0.25) is 0 Å². The number of amides is 1. The quantitative estimate of drug-likeness (QED) is 0.577. The fourth-order valence-electron chi connectivity index (χ4n) is 4.98. The minimum absolute atomic E-state index is 0.130. The predicted molar refractivity (Wildman–Crippen MR) is 137 cm³/mol. The smallest absolute Gasteiger partial charge is 0.251 e. The lowest BCUT2D eigenvalue weighted by Crippen LogP contribution is -2.30. The number of methoxy groups -OCH3 is 1. The molecule has 1 aromatic heterocycles. The van der Waals surface area contributed by atoms with Crippen LogP contribution in [0.1, 0.15) is 66.0 Å². The molecule has 5 rings (SSSR count). The molecule has 0 fully saturated rings. The van der Waals surface area contributed by atoms with Gasteiger partial charge in [-0.1, -0.05) is 18.2 Å². The largest absolute Gasteiger partial charge is 0.493 e. The molecule has 6 heteroatoms. The van der Waals surface area contributed by atoms with Gasteiger partial charge in [-0.15, -0.1) is 0 Å². The summed E-state index contributed by atoms with van der Waals surface area (Å²) in [5, 5.41) is 2.94. The van der Waals surface area contributed by atoms with Gasteiger partial charge in [0.25, 0.3) is 5.91 Å². The van der Waals surface area contributed by atoms with E-state index in [1.807, 2.05) is 42.5 Å². The van der Waals surface area contributed by atoms with Crippen molar-refractivity contribution >= 4 is 11.6 Å². The van der Waals surface area contributed by atoms with Crippen molar-refractivity contribution in [1.29, 1.82) is 0 Å². The minimum atomic E-state index is -0.307. The molecule has 0 unspecified atom stereocenters. The molecule has 180 valence electrons. The Balaban J connectivity index is 1.48. The predicted octanol–water partition coefficient (Wildman–Crippen LogP) is 4.91. The maximum absolute atomic E-state index is 12.7. The number of nitrogens with zero attached hydrogens (tertiary/aromatic N) is 2. The van der Waals surface area contributed by atoms with Gasteiger partial charge < -0.3 is 14.8 Å². The number of nitrogens with one attached hydrogen (secondary N) is 1. The summed E-state index contributed by atoms with van der Waals surface area (Å²) >= 11 is 0. The number of ether oxygens (including phenoxy) is 2. The van der Waals surface area contributed by atoms with Gasteiger partial charge in [-0.05, 0) is 70.0 Å². The van der Waals surface area contributed by atoms with Crippen molar-refractivity contribution < 1.29 is 14.3 Å². The highest BCUT2D eigenvalue weighted by molar-refractivity contribution is 6.16. The summed E-state index contributed by atoms with van der Waals surface area (Å²) in [7, 11) is 1.69. The van der Waals surface area contributed by atoms with Crippen LogP contribution in [-0.4, -0.2) is 34.9 Å². The van der Waals surface area contributed by atoms with Gasteiger partial charge in [-0.25, -0.2) is 0 Å². The maximum atomic E-state index is 12.7. The maximum Gasteiger partial charge on any atom is 0.251 e. The van der Waals surface area contributed by atoms with Crippen molar-refractivity contribution in [2.45, 2.75) is 58.2 Å². The summed E-state index contributed by atoms with van der Waals surface area (Å²) in [6.07, 6.45) is 3.33. The Hall–Kier alpha value is -3.67. The van der Waals surface area contributed by atoms with E-state index in [1.54, 1.807) is 13.3 Å². The Bertz CT molecular complexity index is 1310. The van der Waals surface area contributed by atoms with Crippen LogP contribution in [0, 0.1) is 0 Å². The average Bonchev–Trinajstić information content (AvgIpc) is 3.16. The molecule has 1 amide bonds. The Morgan fingerprint density at radius 3 is 2.54 bits per heavy atom. The van der Waals surface area contributed by atoms with E-state index < -0.39 is 0 Å². The first kappa shape index (κ1) is 23.1. The summed E-state index contributed by atoms with van der Waals surface area (Å²) in [6, 6.07) is 15.4. The number of hydrogen-bond acceptors (Lipinski definition) is 5. The second-order valence-electron chi connectivity index (χ2n) is 10.5. The van der Waals surface area contributed by atoms with Crippen LogP contribution in [-0.2, 0) is 19.4 Å². The van der Waals surface area contributed by atoms with Gasteiger partial charge in [0.15, 0.2) is 11.5 Å². The summed E-state index contributed by atoms with van der Waals surface area (Å²) < 4.78 is 12.0. The first-order chi connectivity index (χ1) is 16.7. The lowest BCUT2D eigenvalue weighted by atomic mass is 9.81. The molecule has 0 atom stereocenters. The number of pyridine rings is 1. The van der Waals surface area contributed by atoms with Gasteiger partial charge >= 0.3 is 0 Å². The fourth-order valence-corrected chi connectivity index (χ4v) is 4.98. The van der Waals surface area contributed by atoms with Gasteiger partial charge in [0.1, 0.15) is 5.60 Å². The van der Waals surface area contributed by atoms with Crippen LogP contribution < -0.4 is 14.8 Å². The van der Waals surface area contributed by atoms with E-state index in [2.05, 4.69) is 44.1 Å². The van der Waals surface area contributed by atoms with Crippen molar-refractivity contribution in [3.63, 3.8) is 0 Å². The molecule has 2 aliphatic heterocycles. The topological polar surface area (TPSA) is 72.8 Å². The van der Waals surface area contributed by atoms with E-state index >= 15 is 0 Å². The Kier molecular flexibility index (Phi) is 5.62. The van der Waals surface area contributed by atoms with Crippen LogP contribution in [0.15, 0.2) is 59.7 Å². The van der Waals surface area contributed by atoms with Crippen molar-refractivity contribution in [3.8, 4) is 11.5 Å². The van der Waals surface area contributed by atoms with Crippen LogP contribution in [0.25, 0.3) is 0 Å². The Morgan fingerprint density at radius 2 is 1.86 bits per heavy atom. The van der Waals surface area contributed by atoms with E-state index in [9.17, 15) is 4.79 Å². The van der Waals surface area contributed by atoms with Gasteiger partial charge in [-0.3, -0.25) is 14.8 Å². The van der Waals surface area contributed by atoms with Gasteiger partial charge in [0, 0.05) is 34.9 Å². The lowest BCUT2D eigenvalue weighted by molar-refractivity contribution is 0.0950. The zero-order chi connectivity index (χ0) is 24.8. The van der Waals surface area contributed by atoms with Crippen LogP contribution >= 0.6 is 0 Å². The highest BCUT2D eigenvalue weighted by Crippen LogP contribution is 2.47. The summed E-state index contributed by atoms with van der Waals surface area (Å²) in [5.41, 5.74) is 6.29.